The van der Waals surface area contributed by atoms with Gasteiger partial charge in [-0.3, -0.25) is 4.79 Å². The molecule has 0 radical (unpaired) electrons. The molecule has 0 N–H and O–H groups in total. The molecular formula is C12H20O2S. The van der Waals surface area contributed by atoms with E-state index in [1.807, 2.05) is 11.8 Å². The maximum absolute atomic E-state index is 11.7. The fourth-order valence-corrected chi connectivity index (χ4v) is 3.13. The summed E-state index contributed by atoms with van der Waals surface area (Å²) in [5.41, 5.74) is 0. The summed E-state index contributed by atoms with van der Waals surface area (Å²) in [6.07, 6.45) is 8.87. The molecule has 0 aromatic rings. The smallest absolute Gasteiger partial charge is 0.145 e. The van der Waals surface area contributed by atoms with Crippen molar-refractivity contribution in [3.63, 3.8) is 0 Å². The average Bonchev–Trinajstić information content (AvgIpc) is 2.76. The molecule has 1 rings (SSSR count). The monoisotopic (exact) mass is 228 g/mol. The van der Waals surface area contributed by atoms with Gasteiger partial charge in [0.1, 0.15) is 12.1 Å². The molecule has 1 unspecified atom stereocenters. The number of carbonyl (C=O) groups is 2. The number of Topliss-reactive ketones (excluding diaryl/α,β-unsaturated/α-hetero) is 1. The fraction of sp³-hybridized carbons (Fsp3) is 0.833. The molecule has 0 aromatic carbocycles. The Morgan fingerprint density at radius 3 is 2.73 bits per heavy atom. The van der Waals surface area contributed by atoms with E-state index in [4.69, 9.17) is 0 Å². The highest BCUT2D eigenvalue weighted by Gasteiger charge is 2.22. The zero-order valence-corrected chi connectivity index (χ0v) is 10.1. The van der Waals surface area contributed by atoms with Crippen LogP contribution in [0, 0.1) is 0 Å². The summed E-state index contributed by atoms with van der Waals surface area (Å²) < 4.78 is 0. The Balaban J connectivity index is 1.94. The minimum atomic E-state index is 0.306. The van der Waals surface area contributed by atoms with Crippen molar-refractivity contribution in [2.24, 2.45) is 0 Å². The van der Waals surface area contributed by atoms with E-state index >= 15 is 0 Å². The van der Waals surface area contributed by atoms with Crippen molar-refractivity contribution < 1.29 is 9.59 Å². The van der Waals surface area contributed by atoms with Crippen LogP contribution >= 0.6 is 11.8 Å². The Hall–Kier alpha value is -0.310. The molecule has 0 aromatic heterocycles. The number of unbranched alkanes of at least 4 members (excludes halogenated alkanes) is 4. The van der Waals surface area contributed by atoms with Crippen molar-refractivity contribution in [3.05, 3.63) is 0 Å². The van der Waals surface area contributed by atoms with Crippen molar-refractivity contribution >= 4 is 23.8 Å². The van der Waals surface area contributed by atoms with E-state index in [9.17, 15) is 9.59 Å². The first kappa shape index (κ1) is 12.8. The molecular weight excluding hydrogens is 208 g/mol. The molecule has 1 aliphatic rings. The molecule has 0 amide bonds. The van der Waals surface area contributed by atoms with E-state index in [1.165, 1.54) is 6.42 Å². The van der Waals surface area contributed by atoms with Gasteiger partial charge in [-0.25, -0.2) is 0 Å². The van der Waals surface area contributed by atoms with Crippen molar-refractivity contribution in [1.29, 1.82) is 0 Å². The Labute approximate surface area is 96.2 Å². The molecule has 0 spiro atoms. The summed E-state index contributed by atoms with van der Waals surface area (Å²) in [6.45, 7) is 0. The van der Waals surface area contributed by atoms with Crippen LogP contribution in [-0.4, -0.2) is 23.1 Å². The van der Waals surface area contributed by atoms with Crippen LogP contribution in [0.25, 0.3) is 0 Å². The van der Waals surface area contributed by atoms with Crippen LogP contribution in [0.2, 0.25) is 0 Å². The van der Waals surface area contributed by atoms with Gasteiger partial charge in [-0.15, -0.1) is 0 Å². The minimum absolute atomic E-state index is 0.306. The number of hydrogen-bond acceptors (Lipinski definition) is 3. The first-order valence-electron chi connectivity index (χ1n) is 5.92. The van der Waals surface area contributed by atoms with Gasteiger partial charge in [0.15, 0.2) is 0 Å². The maximum atomic E-state index is 11.7. The highest BCUT2D eigenvalue weighted by atomic mass is 32.2. The molecule has 1 heterocycles. The van der Waals surface area contributed by atoms with Crippen LogP contribution in [0.1, 0.15) is 51.4 Å². The topological polar surface area (TPSA) is 34.1 Å². The second kappa shape index (κ2) is 7.91. The molecule has 0 aliphatic carbocycles. The fourth-order valence-electron chi connectivity index (χ4n) is 1.87. The first-order chi connectivity index (χ1) is 7.34. The lowest BCUT2D eigenvalue weighted by molar-refractivity contribution is -0.118. The highest BCUT2D eigenvalue weighted by Crippen LogP contribution is 2.28. The molecule has 0 bridgehead atoms. The number of ketones is 1. The van der Waals surface area contributed by atoms with E-state index in [0.717, 1.165) is 50.6 Å². The van der Waals surface area contributed by atoms with Crippen LogP contribution in [0.4, 0.5) is 0 Å². The second-order valence-electron chi connectivity index (χ2n) is 4.09. The standard InChI is InChI=1S/C12H20O2S/c13-9-5-3-1-2-4-7-11(14)12-8-6-10-15-12/h9,12H,1-8,10H2. The molecule has 3 heteroatoms. The van der Waals surface area contributed by atoms with Gasteiger partial charge in [0.25, 0.3) is 0 Å². The van der Waals surface area contributed by atoms with Crippen LogP contribution in [-0.2, 0) is 9.59 Å². The number of hydrogen-bond donors (Lipinski definition) is 0. The molecule has 15 heavy (non-hydrogen) atoms. The van der Waals surface area contributed by atoms with Crippen molar-refractivity contribution in [2.45, 2.75) is 56.6 Å². The van der Waals surface area contributed by atoms with E-state index in [2.05, 4.69) is 0 Å². The van der Waals surface area contributed by atoms with Crippen molar-refractivity contribution in [2.75, 3.05) is 5.75 Å². The average molecular weight is 228 g/mol. The molecule has 0 saturated carbocycles. The molecule has 1 fully saturated rings. The largest absolute Gasteiger partial charge is 0.303 e. The van der Waals surface area contributed by atoms with E-state index < -0.39 is 0 Å². The summed E-state index contributed by atoms with van der Waals surface area (Å²) in [5, 5.41) is 0.306. The molecule has 1 atom stereocenters. The highest BCUT2D eigenvalue weighted by molar-refractivity contribution is 8.00. The van der Waals surface area contributed by atoms with Crippen LogP contribution < -0.4 is 0 Å². The Morgan fingerprint density at radius 1 is 1.27 bits per heavy atom. The summed E-state index contributed by atoms with van der Waals surface area (Å²) in [7, 11) is 0. The third-order valence-electron chi connectivity index (χ3n) is 2.78. The second-order valence-corrected chi connectivity index (χ2v) is 5.40. The van der Waals surface area contributed by atoms with Gasteiger partial charge < -0.3 is 4.79 Å². The van der Waals surface area contributed by atoms with Crippen LogP contribution in [0.5, 0.6) is 0 Å². The normalized spacial score (nSPS) is 20.4. The van der Waals surface area contributed by atoms with Gasteiger partial charge in [0.05, 0.1) is 5.25 Å². The first-order valence-corrected chi connectivity index (χ1v) is 6.97. The van der Waals surface area contributed by atoms with Gasteiger partial charge >= 0.3 is 0 Å². The molecule has 86 valence electrons. The van der Waals surface area contributed by atoms with Crippen LogP contribution in [0.3, 0.4) is 0 Å². The van der Waals surface area contributed by atoms with Gasteiger partial charge in [0, 0.05) is 12.8 Å². The van der Waals surface area contributed by atoms with E-state index in [-0.39, 0.29) is 0 Å². The minimum Gasteiger partial charge on any atom is -0.303 e. The molecule has 1 saturated heterocycles. The Kier molecular flexibility index (Phi) is 6.73. The van der Waals surface area contributed by atoms with Gasteiger partial charge in [0.2, 0.25) is 0 Å². The molecule has 2 nitrogen and oxygen atoms in total. The quantitative estimate of drug-likeness (QED) is 0.473. The summed E-state index contributed by atoms with van der Waals surface area (Å²) in [5.74, 6) is 1.61. The van der Waals surface area contributed by atoms with Gasteiger partial charge in [-0.2, -0.15) is 11.8 Å². The van der Waals surface area contributed by atoms with Crippen LogP contribution in [0.15, 0.2) is 0 Å². The van der Waals surface area contributed by atoms with Crippen molar-refractivity contribution in [1.82, 2.24) is 0 Å². The Morgan fingerprint density at radius 2 is 2.07 bits per heavy atom. The summed E-state index contributed by atoms with van der Waals surface area (Å²) in [4.78, 5) is 21.7. The zero-order valence-electron chi connectivity index (χ0n) is 9.24. The SMILES string of the molecule is O=CCCCCCCC(=O)C1CCCS1. The predicted octanol–water partition coefficient (Wildman–Crippen LogP) is 2.99. The number of thioether (sulfide) groups is 1. The van der Waals surface area contributed by atoms with Gasteiger partial charge in [-0.05, 0) is 31.4 Å². The van der Waals surface area contributed by atoms with E-state index in [0.29, 0.717) is 17.5 Å². The Bertz CT molecular complexity index is 198. The predicted molar refractivity (Wildman–Crippen MR) is 64.3 cm³/mol. The lowest BCUT2D eigenvalue weighted by Crippen LogP contribution is -2.13. The lowest BCUT2D eigenvalue weighted by Gasteiger charge is -2.06. The van der Waals surface area contributed by atoms with Gasteiger partial charge in [-0.1, -0.05) is 12.8 Å². The summed E-state index contributed by atoms with van der Waals surface area (Å²) in [6, 6.07) is 0. The molecule has 1 aliphatic heterocycles. The summed E-state index contributed by atoms with van der Waals surface area (Å²) >= 11 is 1.83. The third kappa shape index (κ3) is 5.36. The maximum Gasteiger partial charge on any atom is 0.145 e. The van der Waals surface area contributed by atoms with E-state index in [1.54, 1.807) is 0 Å². The third-order valence-corrected chi connectivity index (χ3v) is 4.21. The van der Waals surface area contributed by atoms with Crippen molar-refractivity contribution in [3.8, 4) is 0 Å². The zero-order chi connectivity index (χ0) is 10.9. The number of carbonyl (C=O) groups excluding carboxylic acids is 2. The number of rotatable bonds is 8. The lowest BCUT2D eigenvalue weighted by atomic mass is 10.1. The number of aldehydes is 1.